The summed E-state index contributed by atoms with van der Waals surface area (Å²) in [6, 6.07) is 2.23. The molecule has 0 aromatic carbocycles. The van der Waals surface area contributed by atoms with Crippen molar-refractivity contribution in [1.29, 1.82) is 0 Å². The van der Waals surface area contributed by atoms with Gasteiger partial charge in [-0.15, -0.1) is 0 Å². The Bertz CT molecular complexity index is 364. The van der Waals surface area contributed by atoms with Gasteiger partial charge in [0, 0.05) is 13.1 Å². The van der Waals surface area contributed by atoms with Crippen LogP contribution in [0.5, 0.6) is 0 Å². The maximum absolute atomic E-state index is 6.05. The van der Waals surface area contributed by atoms with Crippen molar-refractivity contribution in [1.82, 2.24) is 4.98 Å². The van der Waals surface area contributed by atoms with E-state index in [1.807, 2.05) is 0 Å². The Hall–Kier alpha value is -0.670. The molecule has 5 heteroatoms. The average Bonchev–Trinajstić information content (AvgIpc) is 2.14. The van der Waals surface area contributed by atoms with E-state index in [9.17, 15) is 0 Å². The van der Waals surface area contributed by atoms with Crippen LogP contribution < -0.4 is 10.6 Å². The lowest BCUT2D eigenvalue weighted by atomic mass is 9.93. The van der Waals surface area contributed by atoms with E-state index in [-0.39, 0.29) is 0 Å². The van der Waals surface area contributed by atoms with E-state index in [0.717, 1.165) is 5.82 Å². The lowest BCUT2D eigenvalue weighted by Gasteiger charge is -2.27. The molecule has 3 nitrogen and oxygen atoms in total. The Labute approximate surface area is 99.2 Å². The molecule has 1 saturated carbocycles. The molecule has 0 atom stereocenters. The molecule has 0 saturated heterocycles. The highest BCUT2D eigenvalue weighted by molar-refractivity contribution is 6.37. The maximum atomic E-state index is 6.05. The average molecular weight is 246 g/mol. The summed E-state index contributed by atoms with van der Waals surface area (Å²) in [5, 5.41) is 7.36. The van der Waals surface area contributed by atoms with Crippen LogP contribution in [-0.4, -0.2) is 18.1 Å². The van der Waals surface area contributed by atoms with Gasteiger partial charge in [-0.3, -0.25) is 0 Å². The van der Waals surface area contributed by atoms with Gasteiger partial charge < -0.3 is 10.6 Å². The number of hydrogen-bond acceptors (Lipinski definition) is 3. The Balaban J connectivity index is 2.21. The fourth-order valence-corrected chi connectivity index (χ4v) is 2.00. The van der Waals surface area contributed by atoms with E-state index >= 15 is 0 Å². The first-order valence-electron chi connectivity index (χ1n) is 5.01. The van der Waals surface area contributed by atoms with Gasteiger partial charge in [0.1, 0.15) is 11.6 Å². The molecule has 1 heterocycles. The van der Waals surface area contributed by atoms with E-state index in [2.05, 4.69) is 15.6 Å². The molecule has 15 heavy (non-hydrogen) atoms. The minimum absolute atomic E-state index is 0.515. The van der Waals surface area contributed by atoms with Gasteiger partial charge in [-0.25, -0.2) is 4.98 Å². The van der Waals surface area contributed by atoms with Crippen LogP contribution in [0.4, 0.5) is 11.6 Å². The number of halogens is 2. The molecule has 1 aliphatic rings. The van der Waals surface area contributed by atoms with Crippen molar-refractivity contribution in [2.75, 3.05) is 17.7 Å². The van der Waals surface area contributed by atoms with Gasteiger partial charge in [0.15, 0.2) is 0 Å². The van der Waals surface area contributed by atoms with Crippen LogP contribution in [0.2, 0.25) is 10.0 Å². The Morgan fingerprint density at radius 1 is 1.27 bits per heavy atom. The van der Waals surface area contributed by atoms with Crippen LogP contribution in [0.1, 0.15) is 19.3 Å². The lowest BCUT2D eigenvalue weighted by Crippen LogP contribution is -2.27. The Morgan fingerprint density at radius 3 is 2.47 bits per heavy atom. The second-order valence-corrected chi connectivity index (χ2v) is 4.49. The molecule has 1 aliphatic carbocycles. The minimum Gasteiger partial charge on any atom is -0.372 e. The molecule has 2 N–H and O–H groups in total. The van der Waals surface area contributed by atoms with Crippen LogP contribution in [0.25, 0.3) is 0 Å². The fourth-order valence-electron chi connectivity index (χ4n) is 1.49. The van der Waals surface area contributed by atoms with Crippen molar-refractivity contribution in [2.45, 2.75) is 25.3 Å². The summed E-state index contributed by atoms with van der Waals surface area (Å²) < 4.78 is 0. The predicted octanol–water partition coefficient (Wildman–Crippen LogP) is 3.39. The molecule has 0 spiro atoms. The summed E-state index contributed by atoms with van der Waals surface area (Å²) in [4.78, 5) is 4.33. The van der Waals surface area contributed by atoms with Gasteiger partial charge in [0.2, 0.25) is 0 Å². The largest absolute Gasteiger partial charge is 0.372 e. The number of rotatable bonds is 3. The van der Waals surface area contributed by atoms with Crippen LogP contribution >= 0.6 is 23.2 Å². The first kappa shape index (κ1) is 10.8. The second kappa shape index (κ2) is 4.45. The topological polar surface area (TPSA) is 37.0 Å². The number of aromatic nitrogens is 1. The monoisotopic (exact) mass is 245 g/mol. The third kappa shape index (κ3) is 2.29. The van der Waals surface area contributed by atoms with Gasteiger partial charge in [-0.05, 0) is 25.3 Å². The Morgan fingerprint density at radius 2 is 1.93 bits per heavy atom. The third-order valence-corrected chi connectivity index (χ3v) is 3.19. The number of nitrogens with one attached hydrogen (secondary N) is 2. The van der Waals surface area contributed by atoms with Crippen molar-refractivity contribution in [2.24, 2.45) is 0 Å². The zero-order chi connectivity index (χ0) is 10.8. The van der Waals surface area contributed by atoms with E-state index in [1.54, 1.807) is 13.1 Å². The summed E-state index contributed by atoms with van der Waals surface area (Å²) in [5.41, 5.74) is 0. The summed E-state index contributed by atoms with van der Waals surface area (Å²) >= 11 is 12.0. The van der Waals surface area contributed by atoms with Crippen LogP contribution in [0.3, 0.4) is 0 Å². The highest BCUT2D eigenvalue weighted by atomic mass is 35.5. The minimum atomic E-state index is 0.515. The molecule has 1 fully saturated rings. The predicted molar refractivity (Wildman–Crippen MR) is 65.1 cm³/mol. The SMILES string of the molecule is CNc1nc(NC2CCC2)c(Cl)cc1Cl. The number of pyridine rings is 1. The lowest BCUT2D eigenvalue weighted by molar-refractivity contribution is 0.444. The van der Waals surface area contributed by atoms with E-state index in [4.69, 9.17) is 23.2 Å². The van der Waals surface area contributed by atoms with Crippen molar-refractivity contribution in [3.05, 3.63) is 16.1 Å². The maximum Gasteiger partial charge on any atom is 0.147 e. The van der Waals surface area contributed by atoms with Crippen molar-refractivity contribution >= 4 is 34.8 Å². The van der Waals surface area contributed by atoms with E-state index < -0.39 is 0 Å². The highest BCUT2D eigenvalue weighted by Gasteiger charge is 2.19. The van der Waals surface area contributed by atoms with Crippen molar-refractivity contribution in [3.63, 3.8) is 0 Å². The molecule has 82 valence electrons. The van der Waals surface area contributed by atoms with Crippen molar-refractivity contribution < 1.29 is 0 Å². The third-order valence-electron chi connectivity index (χ3n) is 2.61. The Kier molecular flexibility index (Phi) is 3.22. The molecular weight excluding hydrogens is 233 g/mol. The molecule has 1 aromatic rings. The van der Waals surface area contributed by atoms with Gasteiger partial charge in [-0.2, -0.15) is 0 Å². The second-order valence-electron chi connectivity index (χ2n) is 3.67. The molecule has 0 aliphatic heterocycles. The quantitative estimate of drug-likeness (QED) is 0.858. The summed E-state index contributed by atoms with van der Waals surface area (Å²) in [6.07, 6.45) is 3.66. The van der Waals surface area contributed by atoms with E-state index in [0.29, 0.717) is 21.9 Å². The zero-order valence-corrected chi connectivity index (χ0v) is 9.99. The zero-order valence-electron chi connectivity index (χ0n) is 8.48. The van der Waals surface area contributed by atoms with Crippen LogP contribution in [0.15, 0.2) is 6.07 Å². The molecule has 1 aromatic heterocycles. The molecule has 0 bridgehead atoms. The van der Waals surface area contributed by atoms with E-state index in [1.165, 1.54) is 19.3 Å². The van der Waals surface area contributed by atoms with Gasteiger partial charge in [0.05, 0.1) is 10.0 Å². The van der Waals surface area contributed by atoms with Gasteiger partial charge in [-0.1, -0.05) is 23.2 Å². The molecule has 2 rings (SSSR count). The van der Waals surface area contributed by atoms with Gasteiger partial charge in [0.25, 0.3) is 0 Å². The molecule has 0 amide bonds. The molecule has 0 radical (unpaired) electrons. The summed E-state index contributed by atoms with van der Waals surface area (Å²) in [7, 11) is 1.79. The first-order valence-corrected chi connectivity index (χ1v) is 5.76. The van der Waals surface area contributed by atoms with Crippen LogP contribution in [0, 0.1) is 0 Å². The van der Waals surface area contributed by atoms with Gasteiger partial charge >= 0.3 is 0 Å². The number of hydrogen-bond donors (Lipinski definition) is 2. The highest BCUT2D eigenvalue weighted by Crippen LogP contribution is 2.31. The summed E-state index contributed by atoms with van der Waals surface area (Å²) in [6.45, 7) is 0. The molecular formula is C10H13Cl2N3. The first-order chi connectivity index (χ1) is 7.20. The number of anilines is 2. The number of nitrogens with zero attached hydrogens (tertiary/aromatic N) is 1. The van der Waals surface area contributed by atoms with Crippen LogP contribution in [-0.2, 0) is 0 Å². The van der Waals surface area contributed by atoms with Crippen molar-refractivity contribution in [3.8, 4) is 0 Å². The molecule has 0 unspecified atom stereocenters. The fraction of sp³-hybridized carbons (Fsp3) is 0.500. The smallest absolute Gasteiger partial charge is 0.147 e. The standard InChI is InChI=1S/C10H13Cl2N3/c1-13-9-7(11)5-8(12)10(15-9)14-6-3-2-4-6/h5-6H,2-4H2,1H3,(H2,13,14,15). The summed E-state index contributed by atoms with van der Waals surface area (Å²) in [5.74, 6) is 1.37. The normalized spacial score (nSPS) is 15.9.